The van der Waals surface area contributed by atoms with Gasteiger partial charge >= 0.3 is 0 Å². The van der Waals surface area contributed by atoms with Crippen molar-refractivity contribution in [2.45, 2.75) is 6.04 Å². The van der Waals surface area contributed by atoms with Crippen LogP contribution in [0, 0.1) is 3.57 Å². The molecule has 21 heavy (non-hydrogen) atoms. The van der Waals surface area contributed by atoms with Crippen LogP contribution < -0.4 is 5.32 Å². The Morgan fingerprint density at radius 3 is 2.29 bits per heavy atom. The highest BCUT2D eigenvalue weighted by atomic mass is 127. The smallest absolute Gasteiger partial charge is 0.0696 e. The monoisotopic (exact) mass is 456 g/mol. The molecule has 1 N–H and O–H groups in total. The van der Waals surface area contributed by atoms with E-state index in [1.54, 1.807) is 0 Å². The summed E-state index contributed by atoms with van der Waals surface area (Å²) in [7, 11) is 0. The fourth-order valence-corrected chi connectivity index (χ4v) is 3.83. The molecule has 1 fully saturated rings. The van der Waals surface area contributed by atoms with Crippen molar-refractivity contribution in [1.29, 1.82) is 0 Å². The zero-order valence-electron chi connectivity index (χ0n) is 11.5. The second-order valence-electron chi connectivity index (χ2n) is 4.76. The Bertz CT molecular complexity index is 513. The predicted octanol–water partition coefficient (Wildman–Crippen LogP) is 4.19. The molecule has 2 nitrogen and oxygen atoms in total. The number of hydrogen-bond donors (Lipinski definition) is 1. The SMILES string of the molecule is Cl.Cl.Ic1ccc([C@H](c2cccs2)N2CCNCC2)cc1. The largest absolute Gasteiger partial charge is 0.314 e. The number of thiophene rings is 1. The van der Waals surface area contributed by atoms with Crippen molar-refractivity contribution < 1.29 is 0 Å². The first-order chi connectivity index (χ1) is 9.34. The van der Waals surface area contributed by atoms with Crippen molar-refractivity contribution >= 4 is 58.7 Å². The third-order valence-corrected chi connectivity index (χ3v) is 5.16. The number of benzene rings is 1. The number of rotatable bonds is 3. The van der Waals surface area contributed by atoms with Gasteiger partial charge in [-0.2, -0.15) is 0 Å². The highest BCUT2D eigenvalue weighted by Crippen LogP contribution is 2.32. The Morgan fingerprint density at radius 1 is 1.05 bits per heavy atom. The summed E-state index contributed by atoms with van der Waals surface area (Å²) in [5.74, 6) is 0. The van der Waals surface area contributed by atoms with E-state index in [2.05, 4.69) is 74.6 Å². The van der Waals surface area contributed by atoms with Gasteiger partial charge in [0.2, 0.25) is 0 Å². The van der Waals surface area contributed by atoms with Gasteiger partial charge in [0.1, 0.15) is 0 Å². The fourth-order valence-electron chi connectivity index (χ4n) is 2.59. The van der Waals surface area contributed by atoms with Crippen LogP contribution in [-0.4, -0.2) is 31.1 Å². The van der Waals surface area contributed by atoms with Crippen LogP contribution >= 0.6 is 58.7 Å². The van der Waals surface area contributed by atoms with Crippen molar-refractivity contribution in [2.24, 2.45) is 0 Å². The van der Waals surface area contributed by atoms with Gasteiger partial charge in [-0.15, -0.1) is 36.2 Å². The summed E-state index contributed by atoms with van der Waals surface area (Å²) in [6.45, 7) is 4.42. The maximum Gasteiger partial charge on any atom is 0.0696 e. The molecule has 3 rings (SSSR count). The van der Waals surface area contributed by atoms with E-state index in [1.807, 2.05) is 11.3 Å². The van der Waals surface area contributed by atoms with Gasteiger partial charge in [-0.05, 0) is 51.7 Å². The molecule has 0 unspecified atom stereocenters. The second kappa shape index (κ2) is 9.33. The minimum Gasteiger partial charge on any atom is -0.314 e. The number of piperazine rings is 1. The van der Waals surface area contributed by atoms with Gasteiger partial charge < -0.3 is 5.32 Å². The standard InChI is InChI=1S/C15H17IN2S.2ClH/c16-13-5-3-12(4-6-13)15(14-2-1-11-19-14)18-9-7-17-8-10-18;;/h1-6,11,15,17H,7-10H2;2*1H/t15-;;/m1../s1. The van der Waals surface area contributed by atoms with E-state index in [4.69, 9.17) is 0 Å². The van der Waals surface area contributed by atoms with E-state index in [0.717, 1.165) is 26.2 Å². The molecule has 0 aliphatic carbocycles. The van der Waals surface area contributed by atoms with Gasteiger partial charge in [0.15, 0.2) is 0 Å². The van der Waals surface area contributed by atoms with E-state index in [0.29, 0.717) is 6.04 Å². The molecule has 0 amide bonds. The molecule has 116 valence electrons. The highest BCUT2D eigenvalue weighted by Gasteiger charge is 2.24. The summed E-state index contributed by atoms with van der Waals surface area (Å²) in [6.07, 6.45) is 0. The third-order valence-electron chi connectivity index (χ3n) is 3.52. The lowest BCUT2D eigenvalue weighted by atomic mass is 10.0. The number of nitrogens with zero attached hydrogens (tertiary/aromatic N) is 1. The van der Waals surface area contributed by atoms with Crippen LogP contribution in [0.5, 0.6) is 0 Å². The van der Waals surface area contributed by atoms with Gasteiger partial charge in [-0.1, -0.05) is 18.2 Å². The number of halogens is 3. The van der Waals surface area contributed by atoms with Crippen molar-refractivity contribution in [1.82, 2.24) is 10.2 Å². The van der Waals surface area contributed by atoms with Crippen LogP contribution in [0.1, 0.15) is 16.5 Å². The molecule has 1 aliphatic rings. The zero-order chi connectivity index (χ0) is 13.1. The highest BCUT2D eigenvalue weighted by molar-refractivity contribution is 14.1. The molecule has 1 aromatic heterocycles. The molecular formula is C15H19Cl2IN2S. The van der Waals surface area contributed by atoms with Gasteiger partial charge in [-0.25, -0.2) is 0 Å². The van der Waals surface area contributed by atoms with E-state index < -0.39 is 0 Å². The van der Waals surface area contributed by atoms with E-state index in [1.165, 1.54) is 14.0 Å². The summed E-state index contributed by atoms with van der Waals surface area (Å²) in [4.78, 5) is 4.04. The molecule has 1 aromatic carbocycles. The summed E-state index contributed by atoms with van der Waals surface area (Å²) >= 11 is 4.23. The van der Waals surface area contributed by atoms with Crippen molar-refractivity contribution in [3.63, 3.8) is 0 Å². The molecule has 1 saturated heterocycles. The van der Waals surface area contributed by atoms with Crippen LogP contribution in [0.3, 0.4) is 0 Å². The number of nitrogens with one attached hydrogen (secondary N) is 1. The topological polar surface area (TPSA) is 15.3 Å². The van der Waals surface area contributed by atoms with Crippen LogP contribution in [0.2, 0.25) is 0 Å². The minimum atomic E-state index is 0. The van der Waals surface area contributed by atoms with E-state index >= 15 is 0 Å². The molecule has 0 saturated carbocycles. The van der Waals surface area contributed by atoms with Gasteiger partial charge in [0.05, 0.1) is 6.04 Å². The summed E-state index contributed by atoms with van der Waals surface area (Å²) in [5.41, 5.74) is 1.41. The summed E-state index contributed by atoms with van der Waals surface area (Å²) < 4.78 is 1.30. The quantitative estimate of drug-likeness (QED) is 0.696. The van der Waals surface area contributed by atoms with E-state index in [9.17, 15) is 0 Å². The Hall–Kier alpha value is 0.150. The predicted molar refractivity (Wildman–Crippen MR) is 104 cm³/mol. The Labute approximate surface area is 156 Å². The Kier molecular flexibility index (Phi) is 8.52. The van der Waals surface area contributed by atoms with Gasteiger partial charge in [0.25, 0.3) is 0 Å². The Morgan fingerprint density at radius 2 is 1.71 bits per heavy atom. The molecule has 6 heteroatoms. The second-order valence-corrected chi connectivity index (χ2v) is 6.98. The van der Waals surface area contributed by atoms with Crippen molar-refractivity contribution in [3.05, 3.63) is 55.8 Å². The molecule has 1 atom stereocenters. The minimum absolute atomic E-state index is 0. The van der Waals surface area contributed by atoms with Crippen molar-refractivity contribution in [3.8, 4) is 0 Å². The molecule has 2 heterocycles. The fraction of sp³-hybridized carbons (Fsp3) is 0.333. The molecule has 1 aliphatic heterocycles. The zero-order valence-corrected chi connectivity index (χ0v) is 16.1. The van der Waals surface area contributed by atoms with E-state index in [-0.39, 0.29) is 24.8 Å². The molecule has 0 spiro atoms. The lowest BCUT2D eigenvalue weighted by Gasteiger charge is -2.34. The molecule has 0 bridgehead atoms. The first kappa shape index (κ1) is 19.2. The Balaban J connectivity index is 0.00000110. The maximum absolute atomic E-state index is 3.44. The average molecular weight is 457 g/mol. The lowest BCUT2D eigenvalue weighted by molar-refractivity contribution is 0.200. The summed E-state index contributed by atoms with van der Waals surface area (Å²) in [5, 5.41) is 5.61. The first-order valence-electron chi connectivity index (χ1n) is 6.58. The van der Waals surface area contributed by atoms with Crippen molar-refractivity contribution in [2.75, 3.05) is 26.2 Å². The normalized spacial score (nSPS) is 16.6. The van der Waals surface area contributed by atoms with Crippen LogP contribution in [-0.2, 0) is 0 Å². The van der Waals surface area contributed by atoms with Crippen LogP contribution in [0.25, 0.3) is 0 Å². The van der Waals surface area contributed by atoms with Crippen LogP contribution in [0.15, 0.2) is 41.8 Å². The molecular weight excluding hydrogens is 438 g/mol. The number of hydrogen-bond acceptors (Lipinski definition) is 3. The van der Waals surface area contributed by atoms with Gasteiger partial charge in [0, 0.05) is 34.6 Å². The maximum atomic E-state index is 3.44. The average Bonchev–Trinajstić information content (AvgIpc) is 2.96. The van der Waals surface area contributed by atoms with Crippen LogP contribution in [0.4, 0.5) is 0 Å². The third kappa shape index (κ3) is 4.81. The van der Waals surface area contributed by atoms with Gasteiger partial charge in [-0.3, -0.25) is 4.90 Å². The summed E-state index contributed by atoms with van der Waals surface area (Å²) in [6, 6.07) is 13.8. The first-order valence-corrected chi connectivity index (χ1v) is 8.54. The molecule has 2 aromatic rings. The molecule has 0 radical (unpaired) electrons. The lowest BCUT2D eigenvalue weighted by Crippen LogP contribution is -2.45.